The molecule has 1 aliphatic heterocycles. The summed E-state index contributed by atoms with van der Waals surface area (Å²) in [5.41, 5.74) is 0. The monoisotopic (exact) mass is 259 g/mol. The predicted molar refractivity (Wildman–Crippen MR) is 62.8 cm³/mol. The summed E-state index contributed by atoms with van der Waals surface area (Å²) in [6, 6.07) is 0. The molecule has 1 saturated carbocycles. The number of alkyl halides is 2. The van der Waals surface area contributed by atoms with Crippen LogP contribution in [0.15, 0.2) is 0 Å². The maximum absolute atomic E-state index is 13.2. The molecule has 3 rings (SSSR count). The van der Waals surface area contributed by atoms with E-state index in [0.29, 0.717) is 5.82 Å². The molecule has 2 heterocycles. The second kappa shape index (κ2) is 3.86. The number of aromatic nitrogens is 2. The van der Waals surface area contributed by atoms with Crippen LogP contribution in [0.1, 0.15) is 37.9 Å². The number of hydrogen-bond acceptors (Lipinski definition) is 4. The first-order valence-corrected chi connectivity index (χ1v) is 6.84. The molecule has 17 heavy (non-hydrogen) atoms. The number of rotatable bonds is 2. The van der Waals surface area contributed by atoms with Gasteiger partial charge in [0.15, 0.2) is 5.82 Å². The standard InChI is InChI=1S/C11H15F2N3S/c1-7-8(11(7,12)13)9-14-10(17-15-9)16-5-3-2-4-6-16/h7-8H,2-6H2,1H3/t7-,8+/m1/s1. The topological polar surface area (TPSA) is 29.0 Å². The van der Waals surface area contributed by atoms with Crippen molar-refractivity contribution in [1.82, 2.24) is 9.36 Å². The predicted octanol–water partition coefficient (Wildman–Crippen LogP) is 2.90. The Labute approximate surface area is 103 Å². The van der Waals surface area contributed by atoms with Gasteiger partial charge in [0.25, 0.3) is 5.92 Å². The molecule has 94 valence electrons. The Morgan fingerprint density at radius 2 is 1.94 bits per heavy atom. The number of halogens is 2. The minimum atomic E-state index is -2.60. The molecule has 0 amide bonds. The van der Waals surface area contributed by atoms with Crippen molar-refractivity contribution < 1.29 is 8.78 Å². The smallest absolute Gasteiger partial charge is 0.261 e. The summed E-state index contributed by atoms with van der Waals surface area (Å²) in [7, 11) is 0. The van der Waals surface area contributed by atoms with Gasteiger partial charge >= 0.3 is 0 Å². The maximum Gasteiger partial charge on any atom is 0.261 e. The first kappa shape index (κ1) is 11.3. The lowest BCUT2D eigenvalue weighted by Crippen LogP contribution is -2.29. The highest BCUT2D eigenvalue weighted by molar-refractivity contribution is 7.09. The summed E-state index contributed by atoms with van der Waals surface area (Å²) in [6.45, 7) is 3.52. The minimum absolute atomic E-state index is 0.341. The average Bonchev–Trinajstić information content (AvgIpc) is 2.72. The lowest BCUT2D eigenvalue weighted by molar-refractivity contribution is 0.0956. The number of hydrogen-bond donors (Lipinski definition) is 0. The van der Waals surface area contributed by atoms with Crippen molar-refractivity contribution in [3.63, 3.8) is 0 Å². The minimum Gasteiger partial charge on any atom is -0.347 e. The molecule has 2 atom stereocenters. The van der Waals surface area contributed by atoms with Crippen LogP contribution in [0.3, 0.4) is 0 Å². The SMILES string of the molecule is C[C@@H]1[C@@H](c2nsc(N3CCCCC3)n2)C1(F)F. The average molecular weight is 259 g/mol. The molecule has 2 aliphatic rings. The van der Waals surface area contributed by atoms with Crippen LogP contribution in [0.4, 0.5) is 13.9 Å². The lowest BCUT2D eigenvalue weighted by Gasteiger charge is -2.25. The summed E-state index contributed by atoms with van der Waals surface area (Å²) in [4.78, 5) is 6.46. The van der Waals surface area contributed by atoms with Crippen molar-refractivity contribution >= 4 is 16.7 Å². The van der Waals surface area contributed by atoms with Crippen LogP contribution in [-0.4, -0.2) is 28.4 Å². The largest absolute Gasteiger partial charge is 0.347 e. The number of anilines is 1. The van der Waals surface area contributed by atoms with E-state index in [0.717, 1.165) is 31.1 Å². The highest BCUT2D eigenvalue weighted by Crippen LogP contribution is 2.60. The zero-order valence-electron chi connectivity index (χ0n) is 9.70. The third-order valence-electron chi connectivity index (χ3n) is 3.75. The van der Waals surface area contributed by atoms with Gasteiger partial charge in [-0.3, -0.25) is 0 Å². The van der Waals surface area contributed by atoms with Crippen molar-refractivity contribution in [1.29, 1.82) is 0 Å². The molecule has 0 bridgehead atoms. The fourth-order valence-electron chi connectivity index (χ4n) is 2.44. The van der Waals surface area contributed by atoms with E-state index in [-0.39, 0.29) is 0 Å². The number of nitrogens with zero attached hydrogens (tertiary/aromatic N) is 3. The molecular formula is C11H15F2N3S. The van der Waals surface area contributed by atoms with Gasteiger partial charge in [0.05, 0.1) is 5.92 Å². The molecule has 6 heteroatoms. The molecule has 2 fully saturated rings. The Bertz CT molecular complexity index is 415. The zero-order valence-corrected chi connectivity index (χ0v) is 10.5. The van der Waals surface area contributed by atoms with E-state index in [1.165, 1.54) is 18.0 Å². The Morgan fingerprint density at radius 3 is 2.53 bits per heavy atom. The van der Waals surface area contributed by atoms with E-state index in [2.05, 4.69) is 14.3 Å². The van der Waals surface area contributed by atoms with Crippen LogP contribution in [0.25, 0.3) is 0 Å². The fraction of sp³-hybridized carbons (Fsp3) is 0.818. The van der Waals surface area contributed by atoms with E-state index in [4.69, 9.17) is 0 Å². The molecule has 1 aromatic heterocycles. The highest BCUT2D eigenvalue weighted by Gasteiger charge is 2.68. The summed E-state index contributed by atoms with van der Waals surface area (Å²) in [5.74, 6) is -3.61. The molecule has 0 radical (unpaired) electrons. The molecule has 1 aromatic rings. The van der Waals surface area contributed by atoms with Gasteiger partial charge in [-0.1, -0.05) is 6.92 Å². The Balaban J connectivity index is 1.75. The quantitative estimate of drug-likeness (QED) is 0.817. The Kier molecular flexibility index (Phi) is 2.57. The summed E-state index contributed by atoms with van der Waals surface area (Å²) < 4.78 is 30.6. The van der Waals surface area contributed by atoms with Gasteiger partial charge in [-0.15, -0.1) is 0 Å². The van der Waals surface area contributed by atoms with E-state index in [9.17, 15) is 8.78 Å². The van der Waals surface area contributed by atoms with E-state index in [1.807, 2.05) is 0 Å². The Hall–Kier alpha value is -0.780. The summed E-state index contributed by atoms with van der Waals surface area (Å²) >= 11 is 1.26. The molecule has 0 aromatic carbocycles. The maximum atomic E-state index is 13.2. The van der Waals surface area contributed by atoms with Gasteiger partial charge in [0.1, 0.15) is 0 Å². The second-order valence-corrected chi connectivity index (χ2v) is 5.65. The van der Waals surface area contributed by atoms with Gasteiger partial charge in [-0.25, -0.2) is 13.8 Å². The second-order valence-electron chi connectivity index (χ2n) is 4.92. The van der Waals surface area contributed by atoms with Crippen molar-refractivity contribution in [2.24, 2.45) is 5.92 Å². The number of piperidine rings is 1. The molecule has 1 aliphatic carbocycles. The fourth-order valence-corrected chi connectivity index (χ4v) is 3.20. The highest BCUT2D eigenvalue weighted by atomic mass is 32.1. The van der Waals surface area contributed by atoms with E-state index >= 15 is 0 Å². The first-order chi connectivity index (χ1) is 8.10. The van der Waals surface area contributed by atoms with Gasteiger partial charge in [-0.05, 0) is 19.3 Å². The zero-order chi connectivity index (χ0) is 12.0. The molecule has 0 spiro atoms. The van der Waals surface area contributed by atoms with Crippen LogP contribution in [0, 0.1) is 5.92 Å². The first-order valence-electron chi connectivity index (χ1n) is 6.07. The lowest BCUT2D eigenvalue weighted by atomic mass is 10.1. The van der Waals surface area contributed by atoms with Crippen LogP contribution >= 0.6 is 11.5 Å². The van der Waals surface area contributed by atoms with Gasteiger partial charge in [0.2, 0.25) is 5.13 Å². The van der Waals surface area contributed by atoms with E-state index < -0.39 is 17.8 Å². The van der Waals surface area contributed by atoms with Crippen molar-refractivity contribution in [2.75, 3.05) is 18.0 Å². The third kappa shape index (κ3) is 1.82. The third-order valence-corrected chi connectivity index (χ3v) is 4.54. The summed E-state index contributed by atoms with van der Waals surface area (Å²) in [6.07, 6.45) is 3.57. The van der Waals surface area contributed by atoms with Crippen LogP contribution in [-0.2, 0) is 0 Å². The van der Waals surface area contributed by atoms with Crippen LogP contribution in [0.2, 0.25) is 0 Å². The van der Waals surface area contributed by atoms with Gasteiger partial charge in [0, 0.05) is 30.5 Å². The molecule has 0 unspecified atom stereocenters. The van der Waals surface area contributed by atoms with E-state index in [1.54, 1.807) is 6.92 Å². The van der Waals surface area contributed by atoms with Crippen molar-refractivity contribution in [2.45, 2.75) is 38.0 Å². The van der Waals surface area contributed by atoms with Crippen LogP contribution < -0.4 is 4.90 Å². The Morgan fingerprint density at radius 1 is 1.29 bits per heavy atom. The van der Waals surface area contributed by atoms with Crippen molar-refractivity contribution in [3.8, 4) is 0 Å². The van der Waals surface area contributed by atoms with Gasteiger partial charge in [-0.2, -0.15) is 4.37 Å². The molecule has 0 N–H and O–H groups in total. The molecule has 1 saturated heterocycles. The van der Waals surface area contributed by atoms with Crippen LogP contribution in [0.5, 0.6) is 0 Å². The van der Waals surface area contributed by atoms with Gasteiger partial charge < -0.3 is 4.90 Å². The molecular weight excluding hydrogens is 244 g/mol. The normalized spacial score (nSPS) is 31.6. The summed E-state index contributed by atoms with van der Waals surface area (Å²) in [5, 5.41) is 0.814. The van der Waals surface area contributed by atoms with Crippen molar-refractivity contribution in [3.05, 3.63) is 5.82 Å². The molecule has 3 nitrogen and oxygen atoms in total.